The Labute approximate surface area is 195 Å². The van der Waals surface area contributed by atoms with Gasteiger partial charge in [-0.05, 0) is 50.1 Å². The lowest BCUT2D eigenvalue weighted by atomic mass is 9.75. The maximum absolute atomic E-state index is 13.6. The highest BCUT2D eigenvalue weighted by Gasteiger charge is 2.40. The summed E-state index contributed by atoms with van der Waals surface area (Å²) < 4.78 is 12.8. The molecule has 0 N–H and O–H groups in total. The van der Waals surface area contributed by atoms with Gasteiger partial charge in [-0.25, -0.2) is 4.98 Å². The highest BCUT2D eigenvalue weighted by atomic mass is 35.5. The Balaban J connectivity index is 1.69. The molecule has 2 aromatic carbocycles. The highest BCUT2D eigenvalue weighted by molar-refractivity contribution is 7.19. The number of ether oxygens (including phenoxy) is 2. The number of aromatic nitrogens is 1. The van der Waals surface area contributed by atoms with E-state index in [1.165, 1.54) is 0 Å². The second-order valence-electron chi connectivity index (χ2n) is 7.81. The summed E-state index contributed by atoms with van der Waals surface area (Å²) in [5, 5.41) is 1.52. The molecule has 1 aliphatic heterocycles. The number of halogens is 1. The van der Waals surface area contributed by atoms with Crippen LogP contribution in [-0.2, 0) is 14.3 Å². The van der Waals surface area contributed by atoms with E-state index in [1.54, 1.807) is 17.6 Å². The Morgan fingerprint density at radius 1 is 1.16 bits per heavy atom. The van der Waals surface area contributed by atoms with Crippen LogP contribution in [0.1, 0.15) is 43.2 Å². The van der Waals surface area contributed by atoms with Crippen molar-refractivity contribution in [2.75, 3.05) is 6.61 Å². The molecule has 1 unspecified atom stereocenters. The quantitative estimate of drug-likeness (QED) is 0.307. The van der Waals surface area contributed by atoms with Gasteiger partial charge in [-0.2, -0.15) is 0 Å². The highest BCUT2D eigenvalue weighted by Crippen LogP contribution is 2.50. The Bertz CT molecular complexity index is 1270. The first-order valence-corrected chi connectivity index (χ1v) is 11.8. The van der Waals surface area contributed by atoms with E-state index in [1.807, 2.05) is 56.3 Å². The van der Waals surface area contributed by atoms with Crippen molar-refractivity contribution in [2.24, 2.45) is 0 Å². The van der Waals surface area contributed by atoms with Crippen LogP contribution in [0.25, 0.3) is 15.8 Å². The van der Waals surface area contributed by atoms with Gasteiger partial charge in [-0.1, -0.05) is 35.9 Å². The molecule has 1 aromatic heterocycles. The predicted molar refractivity (Wildman–Crippen MR) is 128 cm³/mol. The van der Waals surface area contributed by atoms with E-state index in [9.17, 15) is 4.79 Å². The molecule has 1 atom stereocenters. The van der Waals surface area contributed by atoms with Gasteiger partial charge in [0, 0.05) is 28.5 Å². The van der Waals surface area contributed by atoms with Gasteiger partial charge in [-0.15, -0.1) is 11.3 Å². The van der Waals surface area contributed by atoms with Gasteiger partial charge in [0.25, 0.3) is 0 Å². The third kappa shape index (κ3) is 3.65. The molecule has 0 spiro atoms. The van der Waals surface area contributed by atoms with Crippen LogP contribution in [0.4, 0.5) is 0 Å². The molecule has 2 heterocycles. The number of thiazole rings is 1. The number of ketones is 1. The zero-order valence-corrected chi connectivity index (χ0v) is 19.4. The number of hydrogen-bond acceptors (Lipinski definition) is 5. The average Bonchev–Trinajstić information content (AvgIpc) is 3.22. The Morgan fingerprint density at radius 3 is 2.69 bits per heavy atom. The number of fused-ring (bicyclic) bond motifs is 1. The number of allylic oxidation sites excluding steroid dienone is 5. The minimum atomic E-state index is -0.283. The van der Waals surface area contributed by atoms with E-state index in [-0.39, 0.29) is 11.7 Å². The van der Waals surface area contributed by atoms with Crippen LogP contribution in [0.3, 0.4) is 0 Å². The molecule has 0 saturated carbocycles. The minimum absolute atomic E-state index is 0.0224. The van der Waals surface area contributed by atoms with Crippen LogP contribution in [0.2, 0.25) is 5.02 Å². The van der Waals surface area contributed by atoms with Gasteiger partial charge in [0.2, 0.25) is 0 Å². The second-order valence-corrected chi connectivity index (χ2v) is 9.27. The van der Waals surface area contributed by atoms with Gasteiger partial charge in [0.05, 0.1) is 28.7 Å². The lowest BCUT2D eigenvalue weighted by Crippen LogP contribution is -2.26. The summed E-state index contributed by atoms with van der Waals surface area (Å²) in [5.74, 6) is 1.22. The third-order valence-corrected chi connectivity index (χ3v) is 7.13. The number of nitrogens with zero attached hydrogens (tertiary/aromatic N) is 1. The van der Waals surface area contributed by atoms with Crippen LogP contribution in [0.5, 0.6) is 0 Å². The average molecular weight is 464 g/mol. The lowest BCUT2D eigenvalue weighted by Gasteiger charge is -2.34. The smallest absolute Gasteiger partial charge is 0.192 e. The summed E-state index contributed by atoms with van der Waals surface area (Å²) in [7, 11) is 0. The molecule has 3 aromatic rings. The molecule has 0 saturated heterocycles. The Morgan fingerprint density at radius 2 is 1.94 bits per heavy atom. The predicted octanol–water partition coefficient (Wildman–Crippen LogP) is 7.03. The summed E-state index contributed by atoms with van der Waals surface area (Å²) >= 11 is 7.80. The lowest BCUT2D eigenvalue weighted by molar-refractivity contribution is -0.113. The van der Waals surface area contributed by atoms with Gasteiger partial charge in [-0.3, -0.25) is 4.79 Å². The summed E-state index contributed by atoms with van der Waals surface area (Å²) in [6, 6.07) is 15.8. The van der Waals surface area contributed by atoms with Crippen LogP contribution in [0, 0.1) is 0 Å². The van der Waals surface area contributed by atoms with Crippen molar-refractivity contribution in [1.82, 2.24) is 4.98 Å². The number of carbonyl (C=O) groups excluding carboxylic acids is 1. The standard InChI is InChI=1S/C26H22ClNO3S/c1-3-30-14-17-10-13-20-24(25(17)29)23(16-8-11-18(27)12-9-16)22(15(2)31-20)26-28-19-6-4-5-7-21(19)32-26/h4-9,11-12,14,23H,3,10,13H2,1-2H3. The zero-order valence-electron chi connectivity index (χ0n) is 17.9. The minimum Gasteiger partial charge on any atom is -0.501 e. The van der Waals surface area contributed by atoms with E-state index in [2.05, 4.69) is 6.07 Å². The Kier molecular flexibility index (Phi) is 5.62. The number of para-hydroxylation sites is 1. The number of Topliss-reactive ketones (excluding diaryl/α,β-unsaturated/α-hetero) is 1. The molecule has 5 rings (SSSR count). The number of benzene rings is 2. The number of carbonyl (C=O) groups is 1. The fourth-order valence-corrected chi connectivity index (χ4v) is 5.54. The maximum atomic E-state index is 13.6. The molecule has 4 nitrogen and oxygen atoms in total. The first-order valence-electron chi connectivity index (χ1n) is 10.6. The Hall–Kier alpha value is -2.89. The van der Waals surface area contributed by atoms with Crippen molar-refractivity contribution in [3.05, 3.63) is 93.1 Å². The third-order valence-electron chi connectivity index (χ3n) is 5.81. The van der Waals surface area contributed by atoms with Gasteiger partial charge in [0.15, 0.2) is 5.78 Å². The van der Waals surface area contributed by atoms with E-state index in [0.29, 0.717) is 35.6 Å². The molecule has 162 valence electrons. The summed E-state index contributed by atoms with van der Waals surface area (Å²) in [4.78, 5) is 18.5. The van der Waals surface area contributed by atoms with Crippen LogP contribution in [-0.4, -0.2) is 17.4 Å². The summed E-state index contributed by atoms with van der Waals surface area (Å²) in [6.07, 6.45) is 2.87. The topological polar surface area (TPSA) is 48.4 Å². The molecule has 0 amide bonds. The second kappa shape index (κ2) is 8.57. The largest absolute Gasteiger partial charge is 0.501 e. The van der Waals surface area contributed by atoms with Crippen molar-refractivity contribution in [2.45, 2.75) is 32.6 Å². The molecular weight excluding hydrogens is 442 g/mol. The van der Waals surface area contributed by atoms with Crippen molar-refractivity contribution >= 4 is 44.5 Å². The van der Waals surface area contributed by atoms with Crippen molar-refractivity contribution in [3.8, 4) is 0 Å². The summed E-state index contributed by atoms with van der Waals surface area (Å²) in [5.41, 5.74) is 4.21. The molecule has 1 aliphatic carbocycles. The SMILES string of the molecule is CCOC=C1CCC2=C(C1=O)C(c1ccc(Cl)cc1)C(c1nc3ccccc3s1)=C(C)O2. The number of hydrogen-bond donors (Lipinski definition) is 0. The van der Waals surface area contributed by atoms with E-state index < -0.39 is 0 Å². The van der Waals surface area contributed by atoms with Crippen LogP contribution < -0.4 is 0 Å². The van der Waals surface area contributed by atoms with Crippen molar-refractivity contribution < 1.29 is 14.3 Å². The van der Waals surface area contributed by atoms with E-state index in [4.69, 9.17) is 26.1 Å². The van der Waals surface area contributed by atoms with Gasteiger partial charge < -0.3 is 9.47 Å². The van der Waals surface area contributed by atoms with Crippen molar-refractivity contribution in [3.63, 3.8) is 0 Å². The maximum Gasteiger partial charge on any atom is 0.192 e. The molecule has 2 aliphatic rings. The fourth-order valence-electron chi connectivity index (χ4n) is 4.33. The van der Waals surface area contributed by atoms with E-state index in [0.717, 1.165) is 37.9 Å². The molecule has 32 heavy (non-hydrogen) atoms. The molecule has 0 bridgehead atoms. The zero-order chi connectivity index (χ0) is 22.2. The van der Waals surface area contributed by atoms with Gasteiger partial charge >= 0.3 is 0 Å². The normalized spacial score (nSPS) is 20.0. The fraction of sp³-hybridized carbons (Fsp3) is 0.231. The first-order chi connectivity index (χ1) is 15.6. The van der Waals surface area contributed by atoms with Crippen molar-refractivity contribution in [1.29, 1.82) is 0 Å². The molecule has 0 radical (unpaired) electrons. The molecular formula is C26H22ClNO3S. The van der Waals surface area contributed by atoms with E-state index >= 15 is 0 Å². The summed E-state index contributed by atoms with van der Waals surface area (Å²) in [6.45, 7) is 4.40. The first kappa shape index (κ1) is 21.0. The molecule has 0 fully saturated rings. The van der Waals surface area contributed by atoms with Crippen LogP contribution >= 0.6 is 22.9 Å². The molecule has 6 heteroatoms. The number of rotatable bonds is 4. The van der Waals surface area contributed by atoms with Crippen LogP contribution in [0.15, 0.2) is 77.5 Å². The monoisotopic (exact) mass is 463 g/mol. The van der Waals surface area contributed by atoms with Gasteiger partial charge in [0.1, 0.15) is 16.5 Å².